The monoisotopic (exact) mass is 423 g/mol. The molecule has 164 valence electrons. The van der Waals surface area contributed by atoms with Crippen molar-refractivity contribution in [1.29, 1.82) is 0 Å². The zero-order chi connectivity index (χ0) is 22.4. The molecule has 0 aliphatic rings. The van der Waals surface area contributed by atoms with E-state index in [4.69, 9.17) is 9.47 Å². The van der Waals surface area contributed by atoms with Crippen molar-refractivity contribution in [2.75, 3.05) is 13.7 Å². The van der Waals surface area contributed by atoms with E-state index < -0.39 is 5.97 Å². The Balaban J connectivity index is 1.88. The number of fused-ring (bicyclic) bond motifs is 1. The summed E-state index contributed by atoms with van der Waals surface area (Å²) in [4.78, 5) is 24.7. The lowest BCUT2D eigenvalue weighted by molar-refractivity contribution is -0.136. The molecule has 1 aromatic heterocycles. The summed E-state index contributed by atoms with van der Waals surface area (Å²) in [6.07, 6.45) is 4.39. The molecule has 0 fully saturated rings. The first-order chi connectivity index (χ1) is 15.0. The highest BCUT2D eigenvalue weighted by molar-refractivity contribution is 6.05. The van der Waals surface area contributed by atoms with E-state index in [2.05, 4.69) is 6.92 Å². The summed E-state index contributed by atoms with van der Waals surface area (Å²) in [5.41, 5.74) is 2.40. The van der Waals surface area contributed by atoms with Gasteiger partial charge in [-0.15, -0.1) is 0 Å². The molecule has 31 heavy (non-hydrogen) atoms. The average Bonchev–Trinajstić information content (AvgIpc) is 3.03. The topological polar surface area (TPSA) is 77.8 Å². The van der Waals surface area contributed by atoms with E-state index >= 15 is 0 Å². The van der Waals surface area contributed by atoms with Gasteiger partial charge in [0.05, 0.1) is 25.7 Å². The third kappa shape index (κ3) is 5.08. The third-order valence-corrected chi connectivity index (χ3v) is 5.44. The number of unbranched alkanes of at least 4 members (excludes halogenated alkanes) is 3. The van der Waals surface area contributed by atoms with Crippen LogP contribution in [0.2, 0.25) is 0 Å². The molecule has 0 amide bonds. The predicted molar refractivity (Wildman–Crippen MR) is 120 cm³/mol. The number of aliphatic carboxylic acids is 1. The van der Waals surface area contributed by atoms with Crippen molar-refractivity contribution in [3.63, 3.8) is 0 Å². The first kappa shape index (κ1) is 22.4. The molecule has 0 unspecified atom stereocenters. The number of carbonyl (C=O) groups is 2. The Morgan fingerprint density at radius 2 is 1.71 bits per heavy atom. The largest absolute Gasteiger partial charge is 0.497 e. The van der Waals surface area contributed by atoms with Crippen LogP contribution in [0.25, 0.3) is 10.9 Å². The van der Waals surface area contributed by atoms with Gasteiger partial charge in [0.1, 0.15) is 11.5 Å². The lowest BCUT2D eigenvalue weighted by Crippen LogP contribution is -2.14. The molecule has 0 radical (unpaired) electrons. The Kier molecular flexibility index (Phi) is 7.34. The molecular formula is C25H29NO5. The summed E-state index contributed by atoms with van der Waals surface area (Å²) in [5.74, 6) is 0.194. The normalized spacial score (nSPS) is 10.9. The SMILES string of the molecule is CCCCCCOc1ccc(C(=O)n2c(C)c(CC(=O)O)c3cc(OC)ccc32)cc1. The Bertz CT molecular complexity index is 1070. The van der Waals surface area contributed by atoms with Gasteiger partial charge in [-0.3, -0.25) is 14.2 Å². The number of aromatic nitrogens is 1. The minimum Gasteiger partial charge on any atom is -0.497 e. The van der Waals surface area contributed by atoms with E-state index in [0.29, 0.717) is 40.1 Å². The van der Waals surface area contributed by atoms with Crippen molar-refractivity contribution in [1.82, 2.24) is 4.57 Å². The van der Waals surface area contributed by atoms with Crippen LogP contribution in [0.15, 0.2) is 42.5 Å². The van der Waals surface area contributed by atoms with Crippen LogP contribution in [0.1, 0.15) is 54.2 Å². The predicted octanol–water partition coefficient (Wildman–Crippen LogP) is 5.23. The molecule has 1 heterocycles. The highest BCUT2D eigenvalue weighted by atomic mass is 16.5. The summed E-state index contributed by atoms with van der Waals surface area (Å²) in [5, 5.41) is 10.1. The van der Waals surface area contributed by atoms with Crippen LogP contribution in [-0.4, -0.2) is 35.3 Å². The number of benzene rings is 2. The molecule has 0 saturated carbocycles. The van der Waals surface area contributed by atoms with Gasteiger partial charge in [-0.05, 0) is 61.4 Å². The molecule has 0 aliphatic carbocycles. The Morgan fingerprint density at radius 1 is 1.00 bits per heavy atom. The second-order valence-electron chi connectivity index (χ2n) is 7.59. The molecule has 0 atom stereocenters. The van der Waals surface area contributed by atoms with Gasteiger partial charge < -0.3 is 14.6 Å². The standard InChI is InChI=1S/C25H29NO5/c1-4-5-6-7-14-31-19-10-8-18(9-11-19)25(29)26-17(2)21(16-24(27)28)22-15-20(30-3)12-13-23(22)26/h8-13,15H,4-7,14,16H2,1-3H3,(H,27,28). The van der Waals surface area contributed by atoms with E-state index in [0.717, 1.165) is 18.6 Å². The van der Waals surface area contributed by atoms with E-state index in [-0.39, 0.29) is 12.3 Å². The van der Waals surface area contributed by atoms with Crippen molar-refractivity contribution in [3.05, 3.63) is 59.3 Å². The second kappa shape index (κ2) is 10.2. The lowest BCUT2D eigenvalue weighted by atomic mass is 10.1. The number of ether oxygens (including phenoxy) is 2. The Morgan fingerprint density at radius 3 is 2.35 bits per heavy atom. The van der Waals surface area contributed by atoms with Gasteiger partial charge in [0, 0.05) is 16.6 Å². The summed E-state index contributed by atoms with van der Waals surface area (Å²) in [6.45, 7) is 4.61. The number of nitrogens with zero attached hydrogens (tertiary/aromatic N) is 1. The van der Waals surface area contributed by atoms with E-state index in [9.17, 15) is 14.7 Å². The molecule has 3 rings (SSSR count). The van der Waals surface area contributed by atoms with Crippen LogP contribution in [0.3, 0.4) is 0 Å². The van der Waals surface area contributed by atoms with Crippen molar-refractivity contribution < 1.29 is 24.2 Å². The first-order valence-corrected chi connectivity index (χ1v) is 10.6. The molecule has 1 N–H and O–H groups in total. The zero-order valence-corrected chi connectivity index (χ0v) is 18.3. The number of hydrogen-bond donors (Lipinski definition) is 1. The summed E-state index contributed by atoms with van der Waals surface area (Å²) >= 11 is 0. The maximum absolute atomic E-state index is 13.3. The van der Waals surface area contributed by atoms with Crippen LogP contribution >= 0.6 is 0 Å². The van der Waals surface area contributed by atoms with Crippen LogP contribution in [0.5, 0.6) is 11.5 Å². The molecule has 6 nitrogen and oxygen atoms in total. The molecular weight excluding hydrogens is 394 g/mol. The molecule has 3 aromatic rings. The zero-order valence-electron chi connectivity index (χ0n) is 18.3. The van der Waals surface area contributed by atoms with Crippen LogP contribution in [0.4, 0.5) is 0 Å². The molecule has 2 aromatic carbocycles. The van der Waals surface area contributed by atoms with E-state index in [1.807, 2.05) is 0 Å². The summed E-state index contributed by atoms with van der Waals surface area (Å²) in [7, 11) is 1.56. The number of carboxylic acid groups (broad SMARTS) is 1. The third-order valence-electron chi connectivity index (χ3n) is 5.44. The minimum atomic E-state index is -0.946. The van der Waals surface area contributed by atoms with Crippen molar-refractivity contribution in [2.24, 2.45) is 0 Å². The van der Waals surface area contributed by atoms with Gasteiger partial charge in [-0.1, -0.05) is 26.2 Å². The lowest BCUT2D eigenvalue weighted by Gasteiger charge is -2.10. The maximum Gasteiger partial charge on any atom is 0.307 e. The van der Waals surface area contributed by atoms with Gasteiger partial charge in [0.2, 0.25) is 0 Å². The number of rotatable bonds is 10. The van der Waals surface area contributed by atoms with Gasteiger partial charge in [-0.25, -0.2) is 0 Å². The first-order valence-electron chi connectivity index (χ1n) is 10.6. The van der Waals surface area contributed by atoms with Gasteiger partial charge in [0.25, 0.3) is 5.91 Å². The number of carboxylic acids is 1. The fourth-order valence-corrected chi connectivity index (χ4v) is 3.77. The smallest absolute Gasteiger partial charge is 0.307 e. The molecule has 0 aliphatic heterocycles. The van der Waals surface area contributed by atoms with Crippen LogP contribution in [-0.2, 0) is 11.2 Å². The van der Waals surface area contributed by atoms with E-state index in [1.54, 1.807) is 61.1 Å². The molecule has 0 bridgehead atoms. The highest BCUT2D eigenvalue weighted by Gasteiger charge is 2.21. The van der Waals surface area contributed by atoms with Crippen molar-refractivity contribution in [3.8, 4) is 11.5 Å². The minimum absolute atomic E-state index is 0.166. The number of methoxy groups -OCH3 is 1. The van der Waals surface area contributed by atoms with Gasteiger partial charge in [0.15, 0.2) is 0 Å². The Labute approximate surface area is 182 Å². The second-order valence-corrected chi connectivity index (χ2v) is 7.59. The van der Waals surface area contributed by atoms with Gasteiger partial charge in [-0.2, -0.15) is 0 Å². The summed E-state index contributed by atoms with van der Waals surface area (Å²) < 4.78 is 12.6. The fourth-order valence-electron chi connectivity index (χ4n) is 3.77. The summed E-state index contributed by atoms with van der Waals surface area (Å²) in [6, 6.07) is 12.4. The number of hydrogen-bond acceptors (Lipinski definition) is 4. The van der Waals surface area contributed by atoms with Crippen LogP contribution in [0, 0.1) is 6.92 Å². The molecule has 0 spiro atoms. The quantitative estimate of drug-likeness (QED) is 0.452. The van der Waals surface area contributed by atoms with Crippen LogP contribution < -0.4 is 9.47 Å². The fraction of sp³-hybridized carbons (Fsp3) is 0.360. The van der Waals surface area contributed by atoms with Crippen molar-refractivity contribution in [2.45, 2.75) is 46.0 Å². The number of carbonyl (C=O) groups excluding carboxylic acids is 1. The molecule has 6 heteroatoms. The van der Waals surface area contributed by atoms with Crippen molar-refractivity contribution >= 4 is 22.8 Å². The van der Waals surface area contributed by atoms with Gasteiger partial charge >= 0.3 is 5.97 Å². The average molecular weight is 424 g/mol. The Hall–Kier alpha value is -3.28. The molecule has 0 saturated heterocycles. The highest BCUT2D eigenvalue weighted by Crippen LogP contribution is 2.31. The maximum atomic E-state index is 13.3. The van der Waals surface area contributed by atoms with E-state index in [1.165, 1.54) is 12.8 Å².